The molecule has 11 aromatic carbocycles. The third-order valence-corrected chi connectivity index (χ3v) is 17.3. The first kappa shape index (κ1) is 49.8. The first-order valence-corrected chi connectivity index (χ1v) is 28.9. The molecule has 6 nitrogen and oxygen atoms in total. The van der Waals surface area contributed by atoms with E-state index in [1.807, 2.05) is 0 Å². The Morgan fingerprint density at radius 3 is 1.02 bits per heavy atom. The Bertz CT molecular complexity index is 4750. The van der Waals surface area contributed by atoms with Crippen LogP contribution < -0.4 is 9.80 Å². The summed E-state index contributed by atoms with van der Waals surface area (Å²) in [6.07, 6.45) is 0. The molecule has 0 radical (unpaired) electrons. The van der Waals surface area contributed by atoms with E-state index >= 15 is 0 Å². The first-order chi connectivity index (χ1) is 39.6. The Morgan fingerprint density at radius 1 is 0.293 bits per heavy atom. The monoisotopic (exact) mass is 1070 g/mol. The molecule has 0 fully saturated rings. The molecule has 402 valence electrons. The molecule has 0 atom stereocenters. The molecule has 0 N–H and O–H groups in total. The highest BCUT2D eigenvalue weighted by atomic mass is 16.4. The quantitative estimate of drug-likeness (QED) is 0.151. The van der Waals surface area contributed by atoms with Gasteiger partial charge in [-0.3, -0.25) is 0 Å². The number of rotatable bonds is 8. The van der Waals surface area contributed by atoms with Crippen LogP contribution in [0.4, 0.5) is 34.1 Å². The third kappa shape index (κ3) is 7.67. The van der Waals surface area contributed by atoms with Crippen molar-refractivity contribution in [3.63, 3.8) is 0 Å². The smallest absolute Gasteiger partial charge is 0.178 e. The van der Waals surface area contributed by atoms with E-state index in [1.165, 1.54) is 22.3 Å². The maximum atomic E-state index is 7.28. The van der Waals surface area contributed by atoms with E-state index in [2.05, 4.69) is 273 Å². The van der Waals surface area contributed by atoms with E-state index in [9.17, 15) is 0 Å². The predicted molar refractivity (Wildman–Crippen MR) is 346 cm³/mol. The first-order valence-electron chi connectivity index (χ1n) is 28.9. The summed E-state index contributed by atoms with van der Waals surface area (Å²) in [6.45, 7) is 22.4. The fraction of sp³-hybridized carbons (Fsp3) is 0.184. The lowest BCUT2D eigenvalue weighted by molar-refractivity contribution is 0.572. The van der Waals surface area contributed by atoms with Crippen molar-refractivity contribution < 1.29 is 17.7 Å². The highest BCUT2D eigenvalue weighted by Crippen LogP contribution is 2.51. The second-order valence-electron chi connectivity index (χ2n) is 25.2. The van der Waals surface area contributed by atoms with E-state index in [4.69, 9.17) is 17.7 Å². The molecule has 0 unspecified atom stereocenters. The van der Waals surface area contributed by atoms with Crippen molar-refractivity contribution in [2.75, 3.05) is 9.80 Å². The maximum Gasteiger partial charge on any atom is 0.178 e. The number of furan rings is 4. The molecule has 0 bridgehead atoms. The molecule has 6 heteroatoms. The molecule has 4 aromatic heterocycles. The lowest BCUT2D eigenvalue weighted by atomic mass is 9.86. The van der Waals surface area contributed by atoms with Gasteiger partial charge >= 0.3 is 0 Å². The van der Waals surface area contributed by atoms with Gasteiger partial charge in [-0.05, 0) is 117 Å². The topological polar surface area (TPSA) is 59.0 Å². The van der Waals surface area contributed by atoms with Crippen LogP contribution in [0.5, 0.6) is 0 Å². The molecule has 82 heavy (non-hydrogen) atoms. The summed E-state index contributed by atoms with van der Waals surface area (Å²) in [5.41, 5.74) is 17.6. The summed E-state index contributed by atoms with van der Waals surface area (Å²) in [5, 5.41) is 12.9. The number of benzene rings is 11. The lowest BCUT2D eigenvalue weighted by Crippen LogP contribution is -2.11. The Morgan fingerprint density at radius 2 is 0.646 bits per heavy atom. The lowest BCUT2D eigenvalue weighted by Gasteiger charge is -2.27. The van der Waals surface area contributed by atoms with Gasteiger partial charge in [0.1, 0.15) is 33.5 Å². The van der Waals surface area contributed by atoms with Crippen LogP contribution in [0.15, 0.2) is 212 Å². The zero-order valence-electron chi connectivity index (χ0n) is 48.2. The molecule has 0 aliphatic rings. The van der Waals surface area contributed by atoms with Crippen molar-refractivity contribution in [1.82, 2.24) is 0 Å². The van der Waals surface area contributed by atoms with Crippen LogP contribution in [0.25, 0.3) is 109 Å². The molecule has 15 aromatic rings. The van der Waals surface area contributed by atoms with E-state index in [0.717, 1.165) is 143 Å². The van der Waals surface area contributed by atoms with E-state index in [-0.39, 0.29) is 10.8 Å². The standard InChI is InChI=1S/C76H64N2O4/c1-43(2)45-25-29-47(30-26-45)77(49-33-37-65-59(39-49)55-21-15-23-61(71(55)79-65)75(5,6)7)63-41-67-69(53-19-13-11-17-51(53)63)57-35-36-58-70-54-20-14-12-18-52(54)64(42-68(70)82-74(58)73(57)81-67)78(48-31-27-46(28-32-48)44(3)4)50-34-38-66-60(40-50)56-22-16-24-62(72(56)80-66)76(8,9)10/h11-44H,1-10H3. The third-order valence-electron chi connectivity index (χ3n) is 17.3. The number of nitrogens with zero attached hydrogens (tertiary/aromatic N) is 2. The van der Waals surface area contributed by atoms with Gasteiger partial charge in [0.2, 0.25) is 0 Å². The Balaban J connectivity index is 0.944. The van der Waals surface area contributed by atoms with E-state index in [1.54, 1.807) is 0 Å². The number of hydrogen-bond donors (Lipinski definition) is 0. The van der Waals surface area contributed by atoms with Crippen molar-refractivity contribution >= 4 is 143 Å². The molecular weight excluding hydrogens is 1000 g/mol. The van der Waals surface area contributed by atoms with Crippen LogP contribution >= 0.6 is 0 Å². The Kier molecular flexibility index (Phi) is 11.0. The molecule has 0 spiro atoms. The number of anilines is 6. The normalized spacial score (nSPS) is 12.7. The van der Waals surface area contributed by atoms with Crippen molar-refractivity contribution in [3.8, 4) is 0 Å². The van der Waals surface area contributed by atoms with Gasteiger partial charge in [0.05, 0.1) is 11.4 Å². The van der Waals surface area contributed by atoms with Gasteiger partial charge in [-0.2, -0.15) is 0 Å². The van der Waals surface area contributed by atoms with Gasteiger partial charge in [-0.25, -0.2) is 0 Å². The minimum absolute atomic E-state index is 0.0849. The van der Waals surface area contributed by atoms with Crippen LogP contribution in [0.2, 0.25) is 0 Å². The molecule has 0 saturated heterocycles. The molecule has 15 rings (SSSR count). The minimum Gasteiger partial charge on any atom is -0.456 e. The average Bonchev–Trinajstić information content (AvgIpc) is 4.45. The second-order valence-corrected chi connectivity index (χ2v) is 25.2. The van der Waals surface area contributed by atoms with Crippen molar-refractivity contribution in [2.24, 2.45) is 0 Å². The Hall–Kier alpha value is -9.26. The van der Waals surface area contributed by atoms with E-state index in [0.29, 0.717) is 11.8 Å². The summed E-state index contributed by atoms with van der Waals surface area (Å²) in [4.78, 5) is 4.76. The van der Waals surface area contributed by atoms with E-state index < -0.39 is 0 Å². The average molecular weight is 1070 g/mol. The SMILES string of the molecule is CC(C)c1ccc(N(c2ccc3oc4c(C(C)(C)C)cccc4c3c2)c2cc3oc4c(ccc5c4oc4cc(N(c6ccc(C(C)C)cc6)c6ccc7oc8c(C(C)(C)C)cccc8c7c6)c6ccccc6c45)c3c3ccccc23)cc1. The molecule has 0 aliphatic heterocycles. The molecule has 0 aliphatic carbocycles. The zero-order chi connectivity index (χ0) is 56.1. The van der Waals surface area contributed by atoms with Crippen LogP contribution in [0, 0.1) is 0 Å². The minimum atomic E-state index is -0.0849. The highest BCUT2D eigenvalue weighted by molar-refractivity contribution is 6.30. The fourth-order valence-electron chi connectivity index (χ4n) is 13.0. The van der Waals surface area contributed by atoms with Gasteiger partial charge < -0.3 is 27.5 Å². The second kappa shape index (κ2) is 18.1. The molecule has 0 amide bonds. The van der Waals surface area contributed by atoms with Gasteiger partial charge in [0.15, 0.2) is 11.2 Å². The highest BCUT2D eigenvalue weighted by Gasteiger charge is 2.28. The van der Waals surface area contributed by atoms with Crippen molar-refractivity contribution in [3.05, 3.63) is 216 Å². The van der Waals surface area contributed by atoms with Gasteiger partial charge in [-0.15, -0.1) is 0 Å². The van der Waals surface area contributed by atoms with Gasteiger partial charge in [0.25, 0.3) is 0 Å². The predicted octanol–water partition coefficient (Wildman–Crippen LogP) is 23.4. The molecular formula is C76H64N2O4. The Labute approximate surface area is 476 Å². The number of hydrogen-bond acceptors (Lipinski definition) is 6. The van der Waals surface area contributed by atoms with Gasteiger partial charge in [0, 0.05) is 99.9 Å². The van der Waals surface area contributed by atoms with Crippen molar-refractivity contribution in [2.45, 2.75) is 91.9 Å². The summed E-state index contributed by atoms with van der Waals surface area (Å²) >= 11 is 0. The fourth-order valence-corrected chi connectivity index (χ4v) is 13.0. The molecule has 0 saturated carbocycles. The summed E-state index contributed by atoms with van der Waals surface area (Å²) in [7, 11) is 0. The summed E-state index contributed by atoms with van der Waals surface area (Å²) in [6, 6.07) is 70.8. The summed E-state index contributed by atoms with van der Waals surface area (Å²) < 4.78 is 28.0. The largest absolute Gasteiger partial charge is 0.456 e. The van der Waals surface area contributed by atoms with Crippen molar-refractivity contribution in [1.29, 1.82) is 0 Å². The number of fused-ring (bicyclic) bond motifs is 17. The number of para-hydroxylation sites is 2. The van der Waals surface area contributed by atoms with Gasteiger partial charge in [-0.1, -0.05) is 178 Å². The zero-order valence-corrected chi connectivity index (χ0v) is 48.2. The van der Waals surface area contributed by atoms with Crippen LogP contribution in [-0.4, -0.2) is 0 Å². The summed E-state index contributed by atoms with van der Waals surface area (Å²) in [5.74, 6) is 0.782. The maximum absolute atomic E-state index is 7.28. The molecule has 4 heterocycles. The van der Waals surface area contributed by atoms with Crippen LogP contribution in [0.3, 0.4) is 0 Å². The van der Waals surface area contributed by atoms with Crippen LogP contribution in [0.1, 0.15) is 103 Å². The van der Waals surface area contributed by atoms with Crippen LogP contribution in [-0.2, 0) is 10.8 Å².